The van der Waals surface area contributed by atoms with Crippen molar-refractivity contribution < 1.29 is 22.7 Å². The van der Waals surface area contributed by atoms with E-state index in [2.05, 4.69) is 5.32 Å². The molecule has 10 heteroatoms. The molecule has 8 nitrogen and oxygen atoms in total. The number of rotatable bonds is 14. The first kappa shape index (κ1) is 33.6. The second kappa shape index (κ2) is 15.6. The van der Waals surface area contributed by atoms with E-state index in [4.69, 9.17) is 16.3 Å². The molecule has 4 rings (SSSR count). The lowest BCUT2D eigenvalue weighted by Crippen LogP contribution is -2.53. The quantitative estimate of drug-likeness (QED) is 0.181. The fourth-order valence-corrected chi connectivity index (χ4v) is 6.65. The first-order valence-electron chi connectivity index (χ1n) is 14.7. The number of halogens is 1. The topological polar surface area (TPSA) is 96.0 Å². The van der Waals surface area contributed by atoms with Crippen LogP contribution in [-0.4, -0.2) is 51.4 Å². The van der Waals surface area contributed by atoms with E-state index in [1.807, 2.05) is 49.4 Å². The first-order chi connectivity index (χ1) is 21.6. The van der Waals surface area contributed by atoms with E-state index in [1.54, 1.807) is 62.6 Å². The summed E-state index contributed by atoms with van der Waals surface area (Å²) in [5.41, 5.74) is 2.36. The molecule has 0 aliphatic rings. The Bertz CT molecular complexity index is 1700. The van der Waals surface area contributed by atoms with Crippen molar-refractivity contribution in [1.29, 1.82) is 0 Å². The van der Waals surface area contributed by atoms with Gasteiger partial charge in [0.2, 0.25) is 11.8 Å². The second-order valence-corrected chi connectivity index (χ2v) is 12.8. The molecule has 1 atom stereocenters. The van der Waals surface area contributed by atoms with Crippen molar-refractivity contribution in [1.82, 2.24) is 10.2 Å². The van der Waals surface area contributed by atoms with Crippen LogP contribution in [-0.2, 0) is 32.6 Å². The van der Waals surface area contributed by atoms with Gasteiger partial charge in [0.05, 0.1) is 17.7 Å². The highest BCUT2D eigenvalue weighted by Crippen LogP contribution is 2.31. The minimum Gasteiger partial charge on any atom is -0.497 e. The van der Waals surface area contributed by atoms with E-state index in [0.717, 1.165) is 15.4 Å². The van der Waals surface area contributed by atoms with Crippen molar-refractivity contribution in [3.63, 3.8) is 0 Å². The maximum atomic E-state index is 14.5. The summed E-state index contributed by atoms with van der Waals surface area (Å²) < 4.78 is 34.8. The molecular weight excluding hydrogens is 610 g/mol. The molecule has 0 spiro atoms. The summed E-state index contributed by atoms with van der Waals surface area (Å²) in [6.45, 7) is 3.57. The van der Waals surface area contributed by atoms with Crippen molar-refractivity contribution in [2.45, 2.75) is 44.2 Å². The van der Waals surface area contributed by atoms with Crippen LogP contribution in [0.1, 0.15) is 30.0 Å². The Labute approximate surface area is 270 Å². The highest BCUT2D eigenvalue weighted by Gasteiger charge is 2.35. The molecule has 0 aliphatic heterocycles. The van der Waals surface area contributed by atoms with Gasteiger partial charge in [-0.15, -0.1) is 0 Å². The van der Waals surface area contributed by atoms with E-state index in [0.29, 0.717) is 29.3 Å². The molecule has 4 aromatic rings. The zero-order valence-electron chi connectivity index (χ0n) is 25.6. The molecule has 4 aromatic carbocycles. The third kappa shape index (κ3) is 8.44. The lowest BCUT2D eigenvalue weighted by atomic mass is 10.0. The Balaban J connectivity index is 1.83. The molecule has 0 saturated carbocycles. The van der Waals surface area contributed by atoms with Crippen LogP contribution in [0.3, 0.4) is 0 Å². The Morgan fingerprint density at radius 1 is 0.889 bits per heavy atom. The monoisotopic (exact) mass is 647 g/mol. The number of nitrogens with zero attached hydrogens (tertiary/aromatic N) is 2. The average molecular weight is 648 g/mol. The molecule has 0 saturated heterocycles. The smallest absolute Gasteiger partial charge is 0.264 e. The van der Waals surface area contributed by atoms with Crippen LogP contribution in [0, 0.1) is 6.92 Å². The number of carbonyl (C=O) groups excluding carboxylic acids is 2. The van der Waals surface area contributed by atoms with Gasteiger partial charge in [-0.05, 0) is 66.4 Å². The SMILES string of the molecule is CCCNC(=O)C(Cc1ccccc1)N(Cc1cccc(OC)c1)C(=O)CN(c1cccc(Cl)c1C)S(=O)(=O)c1ccccc1. The van der Waals surface area contributed by atoms with Gasteiger partial charge in [-0.3, -0.25) is 13.9 Å². The van der Waals surface area contributed by atoms with Gasteiger partial charge < -0.3 is 15.0 Å². The van der Waals surface area contributed by atoms with E-state index < -0.39 is 28.5 Å². The lowest BCUT2D eigenvalue weighted by Gasteiger charge is -2.34. The second-order valence-electron chi connectivity index (χ2n) is 10.6. The molecule has 2 amide bonds. The Hall–Kier alpha value is -4.34. The summed E-state index contributed by atoms with van der Waals surface area (Å²) in [7, 11) is -2.66. The molecule has 236 valence electrons. The molecule has 0 fully saturated rings. The molecule has 0 radical (unpaired) electrons. The Morgan fingerprint density at radius 3 is 2.20 bits per heavy atom. The van der Waals surface area contributed by atoms with Crippen LogP contribution in [0.2, 0.25) is 5.02 Å². The number of carbonyl (C=O) groups is 2. The van der Waals surface area contributed by atoms with Crippen molar-refractivity contribution in [3.8, 4) is 5.75 Å². The van der Waals surface area contributed by atoms with Crippen molar-refractivity contribution in [2.75, 3.05) is 24.5 Å². The molecule has 45 heavy (non-hydrogen) atoms. The summed E-state index contributed by atoms with van der Waals surface area (Å²) in [5.74, 6) is -0.282. The number of methoxy groups -OCH3 is 1. The van der Waals surface area contributed by atoms with E-state index in [-0.39, 0.29) is 29.5 Å². The average Bonchev–Trinajstić information content (AvgIpc) is 3.06. The Kier molecular flexibility index (Phi) is 11.6. The lowest BCUT2D eigenvalue weighted by molar-refractivity contribution is -0.140. The van der Waals surface area contributed by atoms with E-state index in [1.165, 1.54) is 17.0 Å². The van der Waals surface area contributed by atoms with Crippen LogP contribution >= 0.6 is 11.6 Å². The van der Waals surface area contributed by atoms with Gasteiger partial charge in [-0.1, -0.05) is 85.3 Å². The number of hydrogen-bond acceptors (Lipinski definition) is 5. The van der Waals surface area contributed by atoms with Crippen LogP contribution in [0.5, 0.6) is 5.75 Å². The number of amides is 2. The third-order valence-electron chi connectivity index (χ3n) is 7.43. The summed E-state index contributed by atoms with van der Waals surface area (Å²) >= 11 is 6.44. The van der Waals surface area contributed by atoms with E-state index in [9.17, 15) is 18.0 Å². The largest absolute Gasteiger partial charge is 0.497 e. The predicted molar refractivity (Wildman–Crippen MR) is 178 cm³/mol. The Morgan fingerprint density at radius 2 is 1.53 bits per heavy atom. The maximum absolute atomic E-state index is 14.5. The predicted octanol–water partition coefficient (Wildman–Crippen LogP) is 6.02. The highest BCUT2D eigenvalue weighted by molar-refractivity contribution is 7.92. The van der Waals surface area contributed by atoms with Gasteiger partial charge in [0, 0.05) is 24.5 Å². The van der Waals surface area contributed by atoms with Crippen LogP contribution in [0.4, 0.5) is 5.69 Å². The number of sulfonamides is 1. The normalized spacial score (nSPS) is 11.8. The zero-order valence-corrected chi connectivity index (χ0v) is 27.2. The van der Waals surface area contributed by atoms with Gasteiger partial charge in [0.25, 0.3) is 10.0 Å². The van der Waals surface area contributed by atoms with Crippen LogP contribution in [0.15, 0.2) is 108 Å². The van der Waals surface area contributed by atoms with Crippen LogP contribution in [0.25, 0.3) is 0 Å². The molecule has 1 unspecified atom stereocenters. The molecule has 0 aliphatic carbocycles. The third-order valence-corrected chi connectivity index (χ3v) is 9.61. The molecule has 0 aromatic heterocycles. The van der Waals surface area contributed by atoms with Crippen LogP contribution < -0.4 is 14.4 Å². The highest BCUT2D eigenvalue weighted by atomic mass is 35.5. The zero-order chi connectivity index (χ0) is 32.4. The minimum absolute atomic E-state index is 0.0260. The van der Waals surface area contributed by atoms with Gasteiger partial charge in [0.15, 0.2) is 0 Å². The van der Waals surface area contributed by atoms with Crippen molar-refractivity contribution in [2.24, 2.45) is 0 Å². The minimum atomic E-state index is -4.22. The van der Waals surface area contributed by atoms with Crippen molar-refractivity contribution in [3.05, 3.63) is 125 Å². The van der Waals surface area contributed by atoms with Gasteiger partial charge in [-0.25, -0.2) is 8.42 Å². The number of hydrogen-bond donors (Lipinski definition) is 1. The number of nitrogens with one attached hydrogen (secondary N) is 1. The first-order valence-corrected chi connectivity index (χ1v) is 16.5. The standard InChI is InChI=1S/C35H38ClN3O5S/c1-4-21-37-35(41)33(23-27-13-7-5-8-14-27)38(24-28-15-11-16-29(22-28)44-3)34(40)25-39(32-20-12-19-31(36)26(32)2)45(42,43)30-17-9-6-10-18-30/h5-20,22,33H,4,21,23-25H2,1-3H3,(H,37,41). The molecule has 0 heterocycles. The van der Waals surface area contributed by atoms with E-state index >= 15 is 0 Å². The summed E-state index contributed by atoms with van der Waals surface area (Å²) in [4.78, 5) is 29.8. The molecular formula is C35H38ClN3O5S. The number of ether oxygens (including phenoxy) is 1. The number of benzene rings is 4. The van der Waals surface area contributed by atoms with Gasteiger partial charge >= 0.3 is 0 Å². The van der Waals surface area contributed by atoms with Gasteiger partial charge in [0.1, 0.15) is 18.3 Å². The molecule has 1 N–H and O–H groups in total. The van der Waals surface area contributed by atoms with Crippen molar-refractivity contribution >= 4 is 39.1 Å². The number of anilines is 1. The molecule has 0 bridgehead atoms. The summed E-state index contributed by atoms with van der Waals surface area (Å²) in [5, 5.41) is 3.31. The fourth-order valence-electron chi connectivity index (χ4n) is 4.99. The summed E-state index contributed by atoms with van der Waals surface area (Å²) in [6.07, 6.45) is 0.943. The van der Waals surface area contributed by atoms with Gasteiger partial charge in [-0.2, -0.15) is 0 Å². The fraction of sp³-hybridized carbons (Fsp3) is 0.257. The summed E-state index contributed by atoms with van der Waals surface area (Å²) in [6, 6.07) is 28.6. The maximum Gasteiger partial charge on any atom is 0.264 e.